The molecule has 2 nitrogen and oxygen atoms in total. The normalized spacial score (nSPS) is 15.3. The molecule has 1 aromatic heterocycles. The van der Waals surface area contributed by atoms with Crippen molar-refractivity contribution in [2.45, 2.75) is 6.42 Å². The number of aromatic nitrogens is 1. The number of carbonyl (C=O) groups excluding carboxylic acids is 1. The Morgan fingerprint density at radius 3 is 3.09 bits per heavy atom. The highest BCUT2D eigenvalue weighted by molar-refractivity contribution is 6.12. The van der Waals surface area contributed by atoms with Gasteiger partial charge in [-0.15, -0.1) is 0 Å². The van der Waals surface area contributed by atoms with Crippen molar-refractivity contribution < 1.29 is 4.79 Å². The lowest BCUT2D eigenvalue weighted by Crippen LogP contribution is -1.93. The molecule has 0 atom stereocenters. The van der Waals surface area contributed by atoms with Crippen molar-refractivity contribution in [3.63, 3.8) is 0 Å². The van der Waals surface area contributed by atoms with Gasteiger partial charge in [0.2, 0.25) is 0 Å². The molecule has 0 spiro atoms. The van der Waals surface area contributed by atoms with Gasteiger partial charge in [-0.25, -0.2) is 0 Å². The minimum Gasteiger partial charge on any atom is -0.289 e. The molecular formula is C9H7NO. The molecule has 0 aromatic carbocycles. The second-order valence-electron chi connectivity index (χ2n) is 2.61. The van der Waals surface area contributed by atoms with Gasteiger partial charge in [-0.2, -0.15) is 0 Å². The molecule has 0 N–H and O–H groups in total. The minimum absolute atomic E-state index is 0.0492. The van der Waals surface area contributed by atoms with Crippen LogP contribution in [0.1, 0.15) is 16.1 Å². The molecular weight excluding hydrogens is 138 g/mol. The molecule has 0 fully saturated rings. The number of hydrogen-bond donors (Lipinski definition) is 0. The summed E-state index contributed by atoms with van der Waals surface area (Å²) in [7, 11) is 0. The van der Waals surface area contributed by atoms with Crippen molar-refractivity contribution in [2.24, 2.45) is 0 Å². The van der Waals surface area contributed by atoms with Gasteiger partial charge in [0.15, 0.2) is 5.78 Å². The Morgan fingerprint density at radius 1 is 1.55 bits per heavy atom. The van der Waals surface area contributed by atoms with Crippen LogP contribution in [-0.4, -0.2) is 10.8 Å². The van der Waals surface area contributed by atoms with E-state index in [1.165, 1.54) is 0 Å². The first-order valence-corrected chi connectivity index (χ1v) is 3.45. The van der Waals surface area contributed by atoms with E-state index in [9.17, 15) is 4.79 Å². The van der Waals surface area contributed by atoms with Gasteiger partial charge >= 0.3 is 0 Å². The van der Waals surface area contributed by atoms with E-state index < -0.39 is 0 Å². The molecule has 2 heteroatoms. The Kier molecular flexibility index (Phi) is 1.15. The summed E-state index contributed by atoms with van der Waals surface area (Å²) in [6.45, 7) is 3.66. The van der Waals surface area contributed by atoms with Gasteiger partial charge < -0.3 is 0 Å². The van der Waals surface area contributed by atoms with E-state index in [-0.39, 0.29) is 5.78 Å². The topological polar surface area (TPSA) is 30.0 Å². The van der Waals surface area contributed by atoms with Crippen LogP contribution < -0.4 is 0 Å². The van der Waals surface area contributed by atoms with Gasteiger partial charge in [0.1, 0.15) is 0 Å². The zero-order valence-corrected chi connectivity index (χ0v) is 6.00. The molecule has 0 saturated carbocycles. The predicted molar refractivity (Wildman–Crippen MR) is 41.4 cm³/mol. The summed E-state index contributed by atoms with van der Waals surface area (Å²) in [4.78, 5) is 15.3. The van der Waals surface area contributed by atoms with Crippen LogP contribution in [0.5, 0.6) is 0 Å². The predicted octanol–water partition coefficient (Wildman–Crippen LogP) is 1.38. The third-order valence-corrected chi connectivity index (χ3v) is 1.84. The molecule has 0 aliphatic heterocycles. The highest BCUT2D eigenvalue weighted by atomic mass is 16.1. The molecule has 0 amide bonds. The first-order valence-electron chi connectivity index (χ1n) is 3.45. The molecule has 0 bridgehead atoms. The number of allylic oxidation sites excluding steroid dienone is 1. The number of nitrogens with zero attached hydrogens (tertiary/aromatic N) is 1. The Balaban J connectivity index is 2.64. The smallest absolute Gasteiger partial charge is 0.190 e. The molecule has 54 valence electrons. The molecule has 11 heavy (non-hydrogen) atoms. The maximum absolute atomic E-state index is 11.3. The van der Waals surface area contributed by atoms with E-state index >= 15 is 0 Å². The van der Waals surface area contributed by atoms with Crippen molar-refractivity contribution in [3.8, 4) is 0 Å². The van der Waals surface area contributed by atoms with E-state index in [1.54, 1.807) is 18.3 Å². The summed E-state index contributed by atoms with van der Waals surface area (Å²) in [5.41, 5.74) is 2.23. The summed E-state index contributed by atoms with van der Waals surface area (Å²) < 4.78 is 0. The number of Topliss-reactive ketones (excluding diaryl/α,β-unsaturated/α-hetero) is 1. The van der Waals surface area contributed by atoms with Crippen LogP contribution in [0, 0.1) is 0 Å². The Labute approximate surface area is 64.6 Å². The number of carbonyl (C=O) groups is 1. The van der Waals surface area contributed by atoms with Gasteiger partial charge in [0.25, 0.3) is 0 Å². The molecule has 1 aliphatic carbocycles. The SMILES string of the molecule is C=C1Cc2ncccc2C1=O. The van der Waals surface area contributed by atoms with E-state index in [0.29, 0.717) is 12.0 Å². The zero-order valence-electron chi connectivity index (χ0n) is 6.00. The van der Waals surface area contributed by atoms with Crippen LogP contribution in [0.25, 0.3) is 0 Å². The Bertz CT molecular complexity index is 341. The second kappa shape index (κ2) is 2.02. The molecule has 2 rings (SSSR count). The number of rotatable bonds is 0. The van der Waals surface area contributed by atoms with Crippen LogP contribution in [0.2, 0.25) is 0 Å². The minimum atomic E-state index is 0.0492. The number of fused-ring (bicyclic) bond motifs is 1. The summed E-state index contributed by atoms with van der Waals surface area (Å²) in [5.74, 6) is 0.0492. The van der Waals surface area contributed by atoms with Gasteiger partial charge in [-0.05, 0) is 17.7 Å². The average molecular weight is 145 g/mol. The summed E-state index contributed by atoms with van der Waals surface area (Å²) in [5, 5.41) is 0. The van der Waals surface area contributed by atoms with Crippen LogP contribution in [0.15, 0.2) is 30.5 Å². The quantitative estimate of drug-likeness (QED) is 0.516. The first-order chi connectivity index (χ1) is 5.29. The maximum Gasteiger partial charge on any atom is 0.190 e. The van der Waals surface area contributed by atoms with E-state index in [2.05, 4.69) is 11.6 Å². The summed E-state index contributed by atoms with van der Waals surface area (Å²) >= 11 is 0. The summed E-state index contributed by atoms with van der Waals surface area (Å²) in [6, 6.07) is 3.57. The third-order valence-electron chi connectivity index (χ3n) is 1.84. The van der Waals surface area contributed by atoms with Crippen LogP contribution in [-0.2, 0) is 6.42 Å². The lowest BCUT2D eigenvalue weighted by molar-refractivity contribution is 0.104. The standard InChI is InChI=1S/C9H7NO/c1-6-5-8-7(9(6)11)3-2-4-10-8/h2-4H,1,5H2. The molecule has 1 aromatic rings. The first kappa shape index (κ1) is 6.28. The lowest BCUT2D eigenvalue weighted by Gasteiger charge is -1.90. The number of pyridine rings is 1. The number of ketones is 1. The fraction of sp³-hybridized carbons (Fsp3) is 0.111. The highest BCUT2D eigenvalue weighted by Crippen LogP contribution is 2.21. The maximum atomic E-state index is 11.3. The monoisotopic (exact) mass is 145 g/mol. The van der Waals surface area contributed by atoms with Gasteiger partial charge in [-0.1, -0.05) is 6.58 Å². The van der Waals surface area contributed by atoms with E-state index in [4.69, 9.17) is 0 Å². The van der Waals surface area contributed by atoms with Crippen molar-refractivity contribution in [3.05, 3.63) is 41.7 Å². The molecule has 1 aliphatic rings. The van der Waals surface area contributed by atoms with Crippen LogP contribution in [0.3, 0.4) is 0 Å². The van der Waals surface area contributed by atoms with Gasteiger partial charge in [-0.3, -0.25) is 9.78 Å². The van der Waals surface area contributed by atoms with Gasteiger partial charge in [0.05, 0.1) is 5.69 Å². The molecule has 1 heterocycles. The molecule has 0 unspecified atom stereocenters. The van der Waals surface area contributed by atoms with Crippen molar-refractivity contribution in [2.75, 3.05) is 0 Å². The highest BCUT2D eigenvalue weighted by Gasteiger charge is 2.23. The van der Waals surface area contributed by atoms with Crippen LogP contribution in [0.4, 0.5) is 0 Å². The average Bonchev–Trinajstić information content (AvgIpc) is 2.30. The van der Waals surface area contributed by atoms with Crippen molar-refractivity contribution in [1.29, 1.82) is 0 Å². The second-order valence-corrected chi connectivity index (χ2v) is 2.61. The van der Waals surface area contributed by atoms with E-state index in [1.807, 2.05) is 0 Å². The lowest BCUT2D eigenvalue weighted by atomic mass is 10.2. The fourth-order valence-corrected chi connectivity index (χ4v) is 1.26. The third kappa shape index (κ3) is 0.792. The van der Waals surface area contributed by atoms with Crippen molar-refractivity contribution >= 4 is 5.78 Å². The van der Waals surface area contributed by atoms with E-state index in [0.717, 1.165) is 11.3 Å². The Hall–Kier alpha value is -1.44. The zero-order chi connectivity index (χ0) is 7.84. The summed E-state index contributed by atoms with van der Waals surface area (Å²) in [6.07, 6.45) is 2.32. The van der Waals surface area contributed by atoms with Gasteiger partial charge in [0, 0.05) is 18.2 Å². The Morgan fingerprint density at radius 2 is 2.36 bits per heavy atom. The van der Waals surface area contributed by atoms with Crippen LogP contribution >= 0.6 is 0 Å². The fourth-order valence-electron chi connectivity index (χ4n) is 1.26. The molecule has 0 radical (unpaired) electrons. The largest absolute Gasteiger partial charge is 0.289 e. The molecule has 0 saturated heterocycles. The number of hydrogen-bond acceptors (Lipinski definition) is 2. The van der Waals surface area contributed by atoms with Crippen molar-refractivity contribution in [1.82, 2.24) is 4.98 Å².